The fourth-order valence-corrected chi connectivity index (χ4v) is 1.95. The fourth-order valence-electron chi connectivity index (χ4n) is 1.95. The van der Waals surface area contributed by atoms with Crippen LogP contribution in [0.1, 0.15) is 17.5 Å². The van der Waals surface area contributed by atoms with E-state index in [4.69, 9.17) is 5.11 Å². The van der Waals surface area contributed by atoms with Gasteiger partial charge in [0.2, 0.25) is 0 Å². The summed E-state index contributed by atoms with van der Waals surface area (Å²) in [5, 5.41) is 8.74. The van der Waals surface area contributed by atoms with E-state index in [9.17, 15) is 4.79 Å². The van der Waals surface area contributed by atoms with E-state index < -0.39 is 5.97 Å². The molecule has 0 aliphatic heterocycles. The number of imidazole rings is 1. The van der Waals surface area contributed by atoms with Gasteiger partial charge in [0.05, 0.1) is 24.6 Å². The van der Waals surface area contributed by atoms with E-state index >= 15 is 0 Å². The highest BCUT2D eigenvalue weighted by Gasteiger charge is 2.09. The Balaban J connectivity index is 2.36. The quantitative estimate of drug-likeness (QED) is 0.899. The van der Waals surface area contributed by atoms with Gasteiger partial charge in [0.15, 0.2) is 0 Å². The van der Waals surface area contributed by atoms with Crippen molar-refractivity contribution >= 4 is 5.97 Å². The predicted molar refractivity (Wildman–Crippen MR) is 69.4 cm³/mol. The molecule has 0 spiro atoms. The van der Waals surface area contributed by atoms with Gasteiger partial charge < -0.3 is 9.67 Å². The Morgan fingerprint density at radius 2 is 2.17 bits per heavy atom. The van der Waals surface area contributed by atoms with Gasteiger partial charge in [0, 0.05) is 12.1 Å². The first-order valence-electron chi connectivity index (χ1n) is 5.87. The zero-order chi connectivity index (χ0) is 13.1. The molecule has 0 aliphatic carbocycles. The molecule has 1 N–H and O–H groups in total. The summed E-state index contributed by atoms with van der Waals surface area (Å²) in [6.45, 7) is 4.53. The van der Waals surface area contributed by atoms with Crippen LogP contribution in [0.5, 0.6) is 0 Å². The Morgan fingerprint density at radius 1 is 1.39 bits per heavy atom. The van der Waals surface area contributed by atoms with Gasteiger partial charge in [-0.05, 0) is 25.5 Å². The van der Waals surface area contributed by atoms with E-state index in [-0.39, 0.29) is 6.42 Å². The Labute approximate surface area is 106 Å². The van der Waals surface area contributed by atoms with Crippen molar-refractivity contribution in [3.05, 3.63) is 41.9 Å². The SMILES string of the molecule is Cc1ccc(C)c(-c2cncn2CCC(=O)O)c1. The number of hydrogen-bond donors (Lipinski definition) is 1. The minimum absolute atomic E-state index is 0.105. The summed E-state index contributed by atoms with van der Waals surface area (Å²) in [5.41, 5.74) is 4.43. The minimum Gasteiger partial charge on any atom is -0.481 e. The summed E-state index contributed by atoms with van der Waals surface area (Å²) in [7, 11) is 0. The Morgan fingerprint density at radius 3 is 2.89 bits per heavy atom. The average Bonchev–Trinajstić information content (AvgIpc) is 2.77. The number of hydrogen-bond acceptors (Lipinski definition) is 2. The molecule has 4 heteroatoms. The lowest BCUT2D eigenvalue weighted by atomic mass is 10.0. The second-order valence-corrected chi connectivity index (χ2v) is 4.43. The molecule has 0 radical (unpaired) electrons. The fraction of sp³-hybridized carbons (Fsp3) is 0.286. The van der Waals surface area contributed by atoms with Gasteiger partial charge in [0.25, 0.3) is 0 Å². The van der Waals surface area contributed by atoms with Crippen LogP contribution >= 0.6 is 0 Å². The lowest BCUT2D eigenvalue weighted by Crippen LogP contribution is -2.05. The number of benzene rings is 1. The smallest absolute Gasteiger partial charge is 0.305 e. The standard InChI is InChI=1S/C14H16N2O2/c1-10-3-4-11(2)12(7-10)13-8-15-9-16(13)6-5-14(17)18/h3-4,7-9H,5-6H2,1-2H3,(H,17,18). The summed E-state index contributed by atoms with van der Waals surface area (Å²) in [6, 6.07) is 6.24. The molecule has 1 heterocycles. The minimum atomic E-state index is -0.796. The maximum atomic E-state index is 10.6. The van der Waals surface area contributed by atoms with Crippen molar-refractivity contribution in [1.82, 2.24) is 9.55 Å². The summed E-state index contributed by atoms with van der Waals surface area (Å²) < 4.78 is 1.88. The maximum Gasteiger partial charge on any atom is 0.305 e. The van der Waals surface area contributed by atoms with Gasteiger partial charge in [-0.25, -0.2) is 4.98 Å². The molecule has 0 saturated carbocycles. The Bertz CT molecular complexity index is 573. The third-order valence-corrected chi connectivity index (χ3v) is 2.95. The van der Waals surface area contributed by atoms with E-state index in [0.29, 0.717) is 6.54 Å². The third kappa shape index (κ3) is 2.59. The zero-order valence-corrected chi connectivity index (χ0v) is 10.6. The molecule has 0 bridgehead atoms. The number of nitrogens with zero attached hydrogens (tertiary/aromatic N) is 2. The van der Waals surface area contributed by atoms with Crippen molar-refractivity contribution in [2.45, 2.75) is 26.8 Å². The molecule has 18 heavy (non-hydrogen) atoms. The second kappa shape index (κ2) is 5.04. The topological polar surface area (TPSA) is 55.1 Å². The molecule has 0 aliphatic rings. The van der Waals surface area contributed by atoms with Crippen LogP contribution in [0.2, 0.25) is 0 Å². The molecule has 1 aromatic carbocycles. The van der Waals surface area contributed by atoms with Crippen LogP contribution in [0.25, 0.3) is 11.3 Å². The van der Waals surface area contributed by atoms with Crippen molar-refractivity contribution in [3.63, 3.8) is 0 Å². The second-order valence-electron chi connectivity index (χ2n) is 4.43. The first-order chi connectivity index (χ1) is 8.58. The summed E-state index contributed by atoms with van der Waals surface area (Å²) >= 11 is 0. The number of aliphatic carboxylic acids is 1. The summed E-state index contributed by atoms with van der Waals surface area (Å²) in [5.74, 6) is -0.796. The number of carboxylic acid groups (broad SMARTS) is 1. The summed E-state index contributed by atoms with van der Waals surface area (Å²) in [4.78, 5) is 14.7. The molecule has 1 aromatic heterocycles. The first-order valence-corrected chi connectivity index (χ1v) is 5.87. The monoisotopic (exact) mass is 244 g/mol. The molecule has 0 atom stereocenters. The number of carbonyl (C=O) groups is 1. The molecule has 94 valence electrons. The predicted octanol–water partition coefficient (Wildman–Crippen LogP) is 2.64. The van der Waals surface area contributed by atoms with Crippen molar-refractivity contribution in [1.29, 1.82) is 0 Å². The van der Waals surface area contributed by atoms with E-state index in [0.717, 1.165) is 16.8 Å². The Kier molecular flexibility index (Phi) is 3.46. The van der Waals surface area contributed by atoms with E-state index in [1.807, 2.05) is 18.4 Å². The molecular formula is C14H16N2O2. The van der Waals surface area contributed by atoms with Gasteiger partial charge in [-0.3, -0.25) is 4.79 Å². The molecular weight excluding hydrogens is 228 g/mol. The molecule has 0 amide bonds. The molecule has 2 rings (SSSR count). The van der Waals surface area contributed by atoms with Crippen LogP contribution in [0.15, 0.2) is 30.7 Å². The van der Waals surface area contributed by atoms with Gasteiger partial charge in [-0.2, -0.15) is 0 Å². The zero-order valence-electron chi connectivity index (χ0n) is 10.6. The van der Waals surface area contributed by atoms with Crippen LogP contribution in [-0.4, -0.2) is 20.6 Å². The molecule has 4 nitrogen and oxygen atoms in total. The van der Waals surface area contributed by atoms with E-state index in [2.05, 4.69) is 23.2 Å². The number of aryl methyl sites for hydroxylation is 3. The lowest BCUT2D eigenvalue weighted by molar-refractivity contribution is -0.137. The molecule has 0 unspecified atom stereocenters. The van der Waals surface area contributed by atoms with Crippen molar-refractivity contribution in [3.8, 4) is 11.3 Å². The third-order valence-electron chi connectivity index (χ3n) is 2.95. The largest absolute Gasteiger partial charge is 0.481 e. The number of carboxylic acids is 1. The molecule has 2 aromatic rings. The van der Waals surface area contributed by atoms with Gasteiger partial charge >= 0.3 is 5.97 Å². The normalized spacial score (nSPS) is 10.6. The molecule has 0 fully saturated rings. The van der Waals surface area contributed by atoms with Crippen LogP contribution in [0.3, 0.4) is 0 Å². The van der Waals surface area contributed by atoms with Gasteiger partial charge in [-0.1, -0.05) is 17.7 Å². The van der Waals surface area contributed by atoms with Crippen LogP contribution in [0.4, 0.5) is 0 Å². The average molecular weight is 244 g/mol. The van der Waals surface area contributed by atoms with Crippen molar-refractivity contribution in [2.24, 2.45) is 0 Å². The highest BCUT2D eigenvalue weighted by Crippen LogP contribution is 2.24. The van der Waals surface area contributed by atoms with Gasteiger partial charge in [0.1, 0.15) is 0 Å². The van der Waals surface area contributed by atoms with Crippen molar-refractivity contribution in [2.75, 3.05) is 0 Å². The number of rotatable bonds is 4. The highest BCUT2D eigenvalue weighted by molar-refractivity contribution is 5.67. The highest BCUT2D eigenvalue weighted by atomic mass is 16.4. The van der Waals surface area contributed by atoms with Crippen molar-refractivity contribution < 1.29 is 9.90 Å². The van der Waals surface area contributed by atoms with Crippen LogP contribution < -0.4 is 0 Å². The summed E-state index contributed by atoms with van der Waals surface area (Å²) in [6.07, 6.45) is 3.57. The lowest BCUT2D eigenvalue weighted by Gasteiger charge is -2.10. The van der Waals surface area contributed by atoms with Crippen LogP contribution in [-0.2, 0) is 11.3 Å². The Hall–Kier alpha value is -2.10. The van der Waals surface area contributed by atoms with Gasteiger partial charge in [-0.15, -0.1) is 0 Å². The van der Waals surface area contributed by atoms with Crippen LogP contribution in [0, 0.1) is 13.8 Å². The van der Waals surface area contributed by atoms with E-state index in [1.165, 1.54) is 5.56 Å². The molecule has 0 saturated heterocycles. The first kappa shape index (κ1) is 12.4. The van der Waals surface area contributed by atoms with E-state index in [1.54, 1.807) is 12.5 Å². The maximum absolute atomic E-state index is 10.6. The number of aromatic nitrogens is 2.